The van der Waals surface area contributed by atoms with Gasteiger partial charge in [0.15, 0.2) is 0 Å². The van der Waals surface area contributed by atoms with Crippen molar-refractivity contribution in [2.24, 2.45) is 5.73 Å². The topological polar surface area (TPSA) is 69.4 Å². The fraction of sp³-hybridized carbons (Fsp3) is 1.00. The highest BCUT2D eigenvalue weighted by molar-refractivity contribution is 7.91. The second-order valence-corrected chi connectivity index (χ2v) is 7.65. The van der Waals surface area contributed by atoms with Crippen LogP contribution in [0.4, 0.5) is 0 Å². The van der Waals surface area contributed by atoms with E-state index >= 15 is 0 Å². The van der Waals surface area contributed by atoms with E-state index in [1.54, 1.807) is 0 Å². The largest absolute Gasteiger partial charge is 0.371 e. The normalized spacial score (nSPS) is 28.0. The summed E-state index contributed by atoms with van der Waals surface area (Å²) in [6, 6.07) is 0. The molecule has 0 aromatic heterocycles. The first-order valence-corrected chi connectivity index (χ1v) is 7.77. The van der Waals surface area contributed by atoms with Crippen LogP contribution in [0.5, 0.6) is 0 Å². The predicted octanol–water partition coefficient (Wildman–Crippen LogP) is 1.10. The van der Waals surface area contributed by atoms with Crippen LogP contribution in [0.3, 0.4) is 0 Å². The van der Waals surface area contributed by atoms with Crippen molar-refractivity contribution in [2.75, 3.05) is 12.8 Å². The molecule has 0 saturated heterocycles. The monoisotopic (exact) mass is 249 g/mol. The molecule has 1 aliphatic rings. The molecule has 0 heterocycles. The van der Waals surface area contributed by atoms with Crippen molar-refractivity contribution in [2.45, 2.75) is 56.5 Å². The molecule has 5 heteroatoms. The van der Waals surface area contributed by atoms with Gasteiger partial charge in [-0.15, -0.1) is 0 Å². The van der Waals surface area contributed by atoms with Crippen molar-refractivity contribution >= 4 is 9.84 Å². The van der Waals surface area contributed by atoms with Crippen LogP contribution in [0, 0.1) is 0 Å². The highest BCUT2D eigenvalue weighted by Crippen LogP contribution is 2.28. The Bertz CT molecular complexity index is 324. The lowest BCUT2D eigenvalue weighted by Gasteiger charge is -2.34. The third kappa shape index (κ3) is 4.03. The first kappa shape index (κ1) is 13.9. The van der Waals surface area contributed by atoms with E-state index in [0.717, 1.165) is 19.3 Å². The molecule has 0 bridgehead atoms. The van der Waals surface area contributed by atoms with Gasteiger partial charge in [0.05, 0.1) is 17.0 Å². The third-order valence-electron chi connectivity index (χ3n) is 3.16. The Balaban J connectivity index is 2.58. The van der Waals surface area contributed by atoms with Crippen LogP contribution >= 0.6 is 0 Å². The molecule has 0 spiro atoms. The zero-order valence-electron chi connectivity index (χ0n) is 10.4. The molecule has 0 aromatic rings. The Labute approximate surface area is 98.5 Å². The van der Waals surface area contributed by atoms with Crippen LogP contribution in [0.15, 0.2) is 0 Å². The molecule has 0 radical (unpaired) electrons. The Morgan fingerprint density at radius 1 is 1.38 bits per heavy atom. The Morgan fingerprint density at radius 3 is 2.50 bits per heavy atom. The SMILES string of the molecule is CC(C)(CN)OC1CCCC(S(C)(=O)=O)C1. The number of nitrogens with two attached hydrogens (primary N) is 1. The van der Waals surface area contributed by atoms with Crippen molar-refractivity contribution in [3.63, 3.8) is 0 Å². The quantitative estimate of drug-likeness (QED) is 0.810. The summed E-state index contributed by atoms with van der Waals surface area (Å²) < 4.78 is 28.8. The first-order valence-electron chi connectivity index (χ1n) is 5.81. The van der Waals surface area contributed by atoms with E-state index in [-0.39, 0.29) is 17.0 Å². The molecular formula is C11H23NO3S. The van der Waals surface area contributed by atoms with Gasteiger partial charge in [-0.3, -0.25) is 0 Å². The summed E-state index contributed by atoms with van der Waals surface area (Å²) >= 11 is 0. The fourth-order valence-corrected chi connectivity index (χ4v) is 3.26. The lowest BCUT2D eigenvalue weighted by Crippen LogP contribution is -2.41. The fourth-order valence-electron chi connectivity index (χ4n) is 2.10. The van der Waals surface area contributed by atoms with Gasteiger partial charge in [-0.25, -0.2) is 8.42 Å². The van der Waals surface area contributed by atoms with Crippen molar-refractivity contribution < 1.29 is 13.2 Å². The molecule has 2 atom stereocenters. The molecule has 1 aliphatic carbocycles. The van der Waals surface area contributed by atoms with Crippen molar-refractivity contribution in [3.8, 4) is 0 Å². The van der Waals surface area contributed by atoms with Crippen LogP contribution in [-0.2, 0) is 14.6 Å². The van der Waals surface area contributed by atoms with Crippen molar-refractivity contribution in [1.29, 1.82) is 0 Å². The van der Waals surface area contributed by atoms with Crippen molar-refractivity contribution in [1.82, 2.24) is 0 Å². The standard InChI is InChI=1S/C11H23NO3S/c1-11(2,8-12)15-9-5-4-6-10(7-9)16(3,13)14/h9-10H,4-8,12H2,1-3H3. The van der Waals surface area contributed by atoms with Crippen LogP contribution in [0.2, 0.25) is 0 Å². The Kier molecular flexibility index (Phi) is 4.37. The summed E-state index contributed by atoms with van der Waals surface area (Å²) in [4.78, 5) is 0. The van der Waals surface area contributed by atoms with E-state index in [9.17, 15) is 8.42 Å². The highest BCUT2D eigenvalue weighted by atomic mass is 32.2. The van der Waals surface area contributed by atoms with E-state index in [4.69, 9.17) is 10.5 Å². The molecule has 0 amide bonds. The lowest BCUT2D eigenvalue weighted by atomic mass is 9.96. The minimum absolute atomic E-state index is 0.0343. The molecule has 16 heavy (non-hydrogen) atoms. The minimum atomic E-state index is -2.93. The summed E-state index contributed by atoms with van der Waals surface area (Å²) in [7, 11) is -2.93. The van der Waals surface area contributed by atoms with Gasteiger partial charge in [0.25, 0.3) is 0 Å². The van der Waals surface area contributed by atoms with E-state index in [0.29, 0.717) is 13.0 Å². The van der Waals surface area contributed by atoms with Gasteiger partial charge in [0.2, 0.25) is 0 Å². The maximum Gasteiger partial charge on any atom is 0.150 e. The predicted molar refractivity (Wildman–Crippen MR) is 65.1 cm³/mol. The van der Waals surface area contributed by atoms with E-state index in [1.807, 2.05) is 13.8 Å². The lowest BCUT2D eigenvalue weighted by molar-refractivity contribution is -0.0779. The molecule has 4 nitrogen and oxygen atoms in total. The zero-order chi connectivity index (χ0) is 12.4. The number of ether oxygens (including phenoxy) is 1. The number of hydrogen-bond acceptors (Lipinski definition) is 4. The summed E-state index contributed by atoms with van der Waals surface area (Å²) in [5.41, 5.74) is 5.24. The molecule has 0 aromatic carbocycles. The maximum atomic E-state index is 11.5. The highest BCUT2D eigenvalue weighted by Gasteiger charge is 2.32. The van der Waals surface area contributed by atoms with Gasteiger partial charge < -0.3 is 10.5 Å². The minimum Gasteiger partial charge on any atom is -0.371 e. The van der Waals surface area contributed by atoms with Crippen LogP contribution in [0.25, 0.3) is 0 Å². The van der Waals surface area contributed by atoms with Gasteiger partial charge in [0, 0.05) is 12.8 Å². The summed E-state index contributed by atoms with van der Waals surface area (Å²) in [6.07, 6.45) is 4.59. The van der Waals surface area contributed by atoms with E-state index < -0.39 is 9.84 Å². The second-order valence-electron chi connectivity index (χ2n) is 5.32. The van der Waals surface area contributed by atoms with E-state index in [1.165, 1.54) is 6.26 Å². The molecule has 1 rings (SSSR count). The average Bonchev–Trinajstić information content (AvgIpc) is 2.16. The van der Waals surface area contributed by atoms with Crippen LogP contribution in [0.1, 0.15) is 39.5 Å². The molecule has 96 valence electrons. The summed E-state index contributed by atoms with van der Waals surface area (Å²) in [5, 5.41) is -0.236. The molecular weight excluding hydrogens is 226 g/mol. The summed E-state index contributed by atoms with van der Waals surface area (Å²) in [5.74, 6) is 0. The maximum absolute atomic E-state index is 11.5. The van der Waals surface area contributed by atoms with Crippen molar-refractivity contribution in [3.05, 3.63) is 0 Å². The molecule has 1 saturated carbocycles. The Morgan fingerprint density at radius 2 is 2.00 bits per heavy atom. The molecule has 1 fully saturated rings. The second kappa shape index (κ2) is 5.02. The molecule has 2 N–H and O–H groups in total. The zero-order valence-corrected chi connectivity index (χ0v) is 11.2. The van der Waals surface area contributed by atoms with Crippen LogP contribution in [-0.4, -0.2) is 38.2 Å². The first-order chi connectivity index (χ1) is 7.24. The van der Waals surface area contributed by atoms with Gasteiger partial charge in [0.1, 0.15) is 9.84 Å². The Hall–Kier alpha value is -0.130. The van der Waals surface area contributed by atoms with Gasteiger partial charge in [-0.05, 0) is 39.5 Å². The molecule has 2 unspecified atom stereocenters. The average molecular weight is 249 g/mol. The van der Waals surface area contributed by atoms with Gasteiger partial charge in [-0.2, -0.15) is 0 Å². The van der Waals surface area contributed by atoms with E-state index in [2.05, 4.69) is 0 Å². The smallest absolute Gasteiger partial charge is 0.150 e. The number of sulfone groups is 1. The third-order valence-corrected chi connectivity index (χ3v) is 4.80. The number of rotatable bonds is 4. The van der Waals surface area contributed by atoms with Gasteiger partial charge >= 0.3 is 0 Å². The molecule has 0 aliphatic heterocycles. The summed E-state index contributed by atoms with van der Waals surface area (Å²) in [6.45, 7) is 4.33. The van der Waals surface area contributed by atoms with Crippen LogP contribution < -0.4 is 5.73 Å². The number of hydrogen-bond donors (Lipinski definition) is 1. The van der Waals surface area contributed by atoms with Gasteiger partial charge in [-0.1, -0.05) is 0 Å².